The van der Waals surface area contributed by atoms with Gasteiger partial charge in [0.1, 0.15) is 12.3 Å². The predicted molar refractivity (Wildman–Crippen MR) is 93.9 cm³/mol. The van der Waals surface area contributed by atoms with Gasteiger partial charge in [0.15, 0.2) is 0 Å². The molecule has 24 heavy (non-hydrogen) atoms. The molecule has 0 N–H and O–H groups in total. The lowest BCUT2D eigenvalue weighted by atomic mass is 10.1. The van der Waals surface area contributed by atoms with Gasteiger partial charge < -0.3 is 4.74 Å². The van der Waals surface area contributed by atoms with Crippen molar-refractivity contribution < 1.29 is 4.74 Å². The summed E-state index contributed by atoms with van der Waals surface area (Å²) in [4.78, 5) is 13.7. The van der Waals surface area contributed by atoms with Crippen molar-refractivity contribution in [1.29, 1.82) is 0 Å². The number of rotatable bonds is 4. The Morgan fingerprint density at radius 3 is 2.46 bits per heavy atom. The molecule has 1 atom stereocenters. The zero-order valence-electron chi connectivity index (χ0n) is 13.2. The third-order valence-corrected chi connectivity index (χ3v) is 3.92. The third kappa shape index (κ3) is 3.18. The monoisotopic (exact) mass is 315 g/mol. The summed E-state index contributed by atoms with van der Waals surface area (Å²) in [6.45, 7) is 0.597. The quantitative estimate of drug-likeness (QED) is 0.740. The Hall–Kier alpha value is -3.01. The lowest BCUT2D eigenvalue weighted by molar-refractivity contribution is 0.316. The van der Waals surface area contributed by atoms with E-state index in [0.29, 0.717) is 12.5 Å². The highest BCUT2D eigenvalue weighted by Crippen LogP contribution is 2.18. The van der Waals surface area contributed by atoms with E-state index in [-0.39, 0.29) is 6.04 Å². The molecule has 0 radical (unpaired) electrons. The van der Waals surface area contributed by atoms with E-state index in [0.717, 1.165) is 23.5 Å². The standard InChI is InChI=1S/C20H17N3O/c1-2-7-15(8-3-1)13-16-14-24-20(22-16)19-11-6-10-18(23-19)17-9-4-5-12-21-17/h1-12,16H,13-14H2/t16-/m0/s1. The number of hydrogen-bond donors (Lipinski definition) is 0. The van der Waals surface area contributed by atoms with Crippen LogP contribution in [0.5, 0.6) is 0 Å². The van der Waals surface area contributed by atoms with Crippen LogP contribution in [0.3, 0.4) is 0 Å². The maximum atomic E-state index is 5.78. The van der Waals surface area contributed by atoms with Gasteiger partial charge in [-0.1, -0.05) is 42.5 Å². The SMILES string of the molecule is c1ccc(C[C@H]2COC(c3cccc(-c4ccccn4)n3)=N2)cc1. The number of pyridine rings is 2. The Bertz CT molecular complexity index is 847. The van der Waals surface area contributed by atoms with E-state index in [1.807, 2.05) is 54.6 Å². The van der Waals surface area contributed by atoms with Crippen LogP contribution < -0.4 is 0 Å². The molecule has 4 nitrogen and oxygen atoms in total. The number of aliphatic imine (C=N–C) groups is 1. The van der Waals surface area contributed by atoms with E-state index >= 15 is 0 Å². The fourth-order valence-corrected chi connectivity index (χ4v) is 2.76. The van der Waals surface area contributed by atoms with Crippen LogP contribution in [0.2, 0.25) is 0 Å². The third-order valence-electron chi connectivity index (χ3n) is 3.92. The van der Waals surface area contributed by atoms with Gasteiger partial charge in [0, 0.05) is 6.20 Å². The van der Waals surface area contributed by atoms with E-state index in [1.54, 1.807) is 6.20 Å². The number of benzene rings is 1. The minimum atomic E-state index is 0.141. The summed E-state index contributed by atoms with van der Waals surface area (Å²) in [6.07, 6.45) is 2.65. The van der Waals surface area contributed by atoms with Crippen LogP contribution in [0.1, 0.15) is 11.3 Å². The van der Waals surface area contributed by atoms with Crippen LogP contribution in [-0.2, 0) is 11.2 Å². The molecular weight excluding hydrogens is 298 g/mol. The highest BCUT2D eigenvalue weighted by Gasteiger charge is 2.21. The van der Waals surface area contributed by atoms with Gasteiger partial charge >= 0.3 is 0 Å². The largest absolute Gasteiger partial charge is 0.474 e. The summed E-state index contributed by atoms with van der Waals surface area (Å²) in [6, 6.07) is 22.1. The van der Waals surface area contributed by atoms with E-state index in [4.69, 9.17) is 9.73 Å². The average Bonchev–Trinajstić information content (AvgIpc) is 3.12. The van der Waals surface area contributed by atoms with Gasteiger partial charge in [-0.2, -0.15) is 0 Å². The van der Waals surface area contributed by atoms with Gasteiger partial charge in [-0.25, -0.2) is 9.98 Å². The summed E-state index contributed by atoms with van der Waals surface area (Å²) in [7, 11) is 0. The van der Waals surface area contributed by atoms with Gasteiger partial charge in [0.05, 0.1) is 17.4 Å². The molecule has 0 aliphatic carbocycles. The van der Waals surface area contributed by atoms with Crippen molar-refractivity contribution in [2.45, 2.75) is 12.5 Å². The Morgan fingerprint density at radius 2 is 1.62 bits per heavy atom. The summed E-state index contributed by atoms with van der Waals surface area (Å²) in [5, 5.41) is 0. The average molecular weight is 315 g/mol. The van der Waals surface area contributed by atoms with Gasteiger partial charge in [-0.3, -0.25) is 4.98 Å². The molecular formula is C20H17N3O. The summed E-state index contributed by atoms with van der Waals surface area (Å²) in [5.41, 5.74) is 3.70. The van der Waals surface area contributed by atoms with Gasteiger partial charge in [0.2, 0.25) is 5.90 Å². The maximum Gasteiger partial charge on any atom is 0.235 e. The van der Waals surface area contributed by atoms with Crippen LogP contribution in [0.25, 0.3) is 11.4 Å². The Morgan fingerprint density at radius 1 is 0.833 bits per heavy atom. The van der Waals surface area contributed by atoms with Crippen molar-refractivity contribution in [2.75, 3.05) is 6.61 Å². The zero-order chi connectivity index (χ0) is 16.2. The Labute approximate surface area is 140 Å². The van der Waals surface area contributed by atoms with E-state index < -0.39 is 0 Å². The smallest absolute Gasteiger partial charge is 0.235 e. The van der Waals surface area contributed by atoms with Crippen molar-refractivity contribution in [3.8, 4) is 11.4 Å². The van der Waals surface area contributed by atoms with Crippen molar-refractivity contribution in [1.82, 2.24) is 9.97 Å². The first-order chi connectivity index (χ1) is 11.9. The highest BCUT2D eigenvalue weighted by molar-refractivity contribution is 5.93. The molecule has 1 aromatic carbocycles. The van der Waals surface area contributed by atoms with Crippen LogP contribution >= 0.6 is 0 Å². The fourth-order valence-electron chi connectivity index (χ4n) is 2.76. The van der Waals surface area contributed by atoms with Gasteiger partial charge in [0.25, 0.3) is 0 Å². The molecule has 3 aromatic rings. The first-order valence-corrected chi connectivity index (χ1v) is 8.02. The molecule has 0 fully saturated rings. The molecule has 118 valence electrons. The molecule has 0 saturated heterocycles. The van der Waals surface area contributed by atoms with E-state index in [2.05, 4.69) is 22.1 Å². The molecule has 1 aliphatic heterocycles. The number of aromatic nitrogens is 2. The Kier molecular flexibility index (Phi) is 4.02. The van der Waals surface area contributed by atoms with E-state index in [9.17, 15) is 0 Å². The molecule has 0 saturated carbocycles. The molecule has 0 bridgehead atoms. The Balaban J connectivity index is 1.55. The van der Waals surface area contributed by atoms with Crippen LogP contribution in [0, 0.1) is 0 Å². The normalized spacial score (nSPS) is 16.5. The molecule has 0 spiro atoms. The lowest BCUT2D eigenvalue weighted by Crippen LogP contribution is -2.09. The number of hydrogen-bond acceptors (Lipinski definition) is 4. The molecule has 4 rings (SSSR count). The van der Waals surface area contributed by atoms with E-state index in [1.165, 1.54) is 5.56 Å². The first-order valence-electron chi connectivity index (χ1n) is 8.02. The summed E-state index contributed by atoms with van der Waals surface area (Å²) < 4.78 is 5.78. The molecule has 1 aliphatic rings. The van der Waals surface area contributed by atoms with Crippen molar-refractivity contribution in [3.05, 3.63) is 84.2 Å². The fraction of sp³-hybridized carbons (Fsp3) is 0.150. The second kappa shape index (κ2) is 6.62. The molecule has 0 amide bonds. The minimum absolute atomic E-state index is 0.141. The van der Waals surface area contributed by atoms with Crippen molar-refractivity contribution in [2.24, 2.45) is 4.99 Å². The predicted octanol–water partition coefficient (Wildman–Crippen LogP) is 3.53. The zero-order valence-corrected chi connectivity index (χ0v) is 13.2. The topological polar surface area (TPSA) is 47.4 Å². The van der Waals surface area contributed by atoms with Crippen molar-refractivity contribution >= 4 is 5.90 Å². The summed E-state index contributed by atoms with van der Waals surface area (Å²) >= 11 is 0. The van der Waals surface area contributed by atoms with Crippen LogP contribution in [0.15, 0.2) is 77.9 Å². The molecule has 3 heterocycles. The summed E-state index contributed by atoms with van der Waals surface area (Å²) in [5.74, 6) is 0.619. The minimum Gasteiger partial charge on any atom is -0.474 e. The first kappa shape index (κ1) is 14.6. The molecule has 2 aromatic heterocycles. The highest BCUT2D eigenvalue weighted by atomic mass is 16.5. The van der Waals surface area contributed by atoms with Crippen LogP contribution in [0.4, 0.5) is 0 Å². The maximum absolute atomic E-state index is 5.78. The van der Waals surface area contributed by atoms with Crippen molar-refractivity contribution in [3.63, 3.8) is 0 Å². The lowest BCUT2D eigenvalue weighted by Gasteiger charge is -2.04. The van der Waals surface area contributed by atoms with Crippen LogP contribution in [-0.4, -0.2) is 28.5 Å². The van der Waals surface area contributed by atoms with Gasteiger partial charge in [-0.15, -0.1) is 0 Å². The second-order valence-electron chi connectivity index (χ2n) is 5.71. The molecule has 4 heteroatoms. The number of nitrogens with zero attached hydrogens (tertiary/aromatic N) is 3. The van der Waals surface area contributed by atoms with Gasteiger partial charge in [-0.05, 0) is 36.2 Å². The molecule has 0 unspecified atom stereocenters. The second-order valence-corrected chi connectivity index (χ2v) is 5.71. The number of ether oxygens (including phenoxy) is 1.